The maximum Gasteiger partial charge on any atom is 0.201 e. The predicted molar refractivity (Wildman–Crippen MR) is 69.6 cm³/mol. The highest BCUT2D eigenvalue weighted by atomic mass is 32.2. The maximum absolute atomic E-state index is 12.1. The van der Waals surface area contributed by atoms with Crippen molar-refractivity contribution in [2.24, 2.45) is 5.73 Å². The molecule has 2 rings (SSSR count). The molecule has 1 unspecified atom stereocenters. The molecule has 0 aromatic heterocycles. The van der Waals surface area contributed by atoms with E-state index in [4.69, 9.17) is 11.5 Å². The zero-order chi connectivity index (χ0) is 13.3. The third-order valence-corrected chi connectivity index (χ3v) is 4.51. The van der Waals surface area contributed by atoms with E-state index in [0.717, 1.165) is 0 Å². The van der Waals surface area contributed by atoms with Crippen molar-refractivity contribution in [2.45, 2.75) is 10.3 Å². The average molecular weight is 264 g/mol. The van der Waals surface area contributed by atoms with Gasteiger partial charge in [-0.2, -0.15) is 0 Å². The summed E-state index contributed by atoms with van der Waals surface area (Å²) in [6.07, 6.45) is 0.209. The molecule has 18 heavy (non-hydrogen) atoms. The minimum Gasteiger partial charge on any atom is -0.398 e. The Morgan fingerprint density at radius 2 is 1.67 bits per heavy atom. The lowest BCUT2D eigenvalue weighted by atomic mass is 10.1. The second-order valence-electron chi connectivity index (χ2n) is 3.84. The number of anilines is 1. The topological polar surface area (TPSA) is 103 Å². The van der Waals surface area contributed by atoms with Gasteiger partial charge >= 0.3 is 0 Å². The van der Waals surface area contributed by atoms with Crippen LogP contribution in [0.25, 0.3) is 10.8 Å². The van der Waals surface area contributed by atoms with Crippen molar-refractivity contribution in [3.63, 3.8) is 0 Å². The molecule has 0 aliphatic heterocycles. The number of carbonyl (C=O) groups is 1. The van der Waals surface area contributed by atoms with Gasteiger partial charge in [0, 0.05) is 16.5 Å². The molecule has 0 radical (unpaired) electrons. The summed E-state index contributed by atoms with van der Waals surface area (Å²) in [7, 11) is -3.88. The smallest absolute Gasteiger partial charge is 0.201 e. The van der Waals surface area contributed by atoms with Gasteiger partial charge in [0.25, 0.3) is 0 Å². The van der Waals surface area contributed by atoms with Crippen molar-refractivity contribution in [2.75, 3.05) is 5.73 Å². The summed E-state index contributed by atoms with van der Waals surface area (Å²) in [5.74, 6) is 0. The van der Waals surface area contributed by atoms with Crippen LogP contribution in [0.2, 0.25) is 0 Å². The molecular weight excluding hydrogens is 252 g/mol. The van der Waals surface area contributed by atoms with Gasteiger partial charge in [0.05, 0.1) is 4.90 Å². The van der Waals surface area contributed by atoms with Crippen molar-refractivity contribution >= 4 is 32.6 Å². The molecule has 1 atom stereocenters. The molecule has 94 valence electrons. The van der Waals surface area contributed by atoms with Gasteiger partial charge in [0.1, 0.15) is 0 Å². The number of fused-ring (bicyclic) bond motifs is 1. The maximum atomic E-state index is 12.1. The summed E-state index contributed by atoms with van der Waals surface area (Å²) >= 11 is 0. The quantitative estimate of drug-likeness (QED) is 0.626. The van der Waals surface area contributed by atoms with Crippen LogP contribution in [0.3, 0.4) is 0 Å². The summed E-state index contributed by atoms with van der Waals surface area (Å²) in [4.78, 5) is 10.6. The van der Waals surface area contributed by atoms with Gasteiger partial charge in [-0.1, -0.05) is 24.3 Å². The summed E-state index contributed by atoms with van der Waals surface area (Å²) in [6.45, 7) is 0. The van der Waals surface area contributed by atoms with E-state index in [1.54, 1.807) is 24.3 Å². The van der Waals surface area contributed by atoms with Gasteiger partial charge < -0.3 is 16.3 Å². The Hall–Kier alpha value is -1.92. The fourth-order valence-electron chi connectivity index (χ4n) is 1.76. The monoisotopic (exact) mass is 264 g/mol. The summed E-state index contributed by atoms with van der Waals surface area (Å²) in [5.41, 5.74) is 11.6. The van der Waals surface area contributed by atoms with Crippen LogP contribution in [0.4, 0.5) is 5.69 Å². The lowest BCUT2D eigenvalue weighted by Gasteiger charge is -2.11. The van der Waals surface area contributed by atoms with E-state index in [2.05, 4.69) is 0 Å². The highest BCUT2D eigenvalue weighted by Crippen LogP contribution is 2.28. The lowest BCUT2D eigenvalue weighted by Crippen LogP contribution is -2.32. The van der Waals surface area contributed by atoms with Crippen molar-refractivity contribution in [1.82, 2.24) is 0 Å². The van der Waals surface area contributed by atoms with Crippen LogP contribution in [-0.4, -0.2) is 20.1 Å². The molecule has 0 fully saturated rings. The fourth-order valence-corrected chi connectivity index (χ4v) is 2.94. The number of nitrogen functional groups attached to an aromatic ring is 1. The van der Waals surface area contributed by atoms with E-state index in [1.165, 1.54) is 12.1 Å². The van der Waals surface area contributed by atoms with Crippen molar-refractivity contribution in [3.05, 3.63) is 36.4 Å². The highest BCUT2D eigenvalue weighted by molar-refractivity contribution is 7.92. The molecule has 0 saturated heterocycles. The minimum absolute atomic E-state index is 0.0203. The lowest BCUT2D eigenvalue weighted by molar-refractivity contribution is -0.107. The number of rotatable bonds is 3. The third kappa shape index (κ3) is 1.85. The first-order chi connectivity index (χ1) is 8.48. The van der Waals surface area contributed by atoms with E-state index in [0.29, 0.717) is 16.5 Å². The number of sulfone groups is 1. The SMILES string of the molecule is Nc1ccc(S(=O)(=O)C(N)C=O)c2ccccc12. The summed E-state index contributed by atoms with van der Waals surface area (Å²) in [6, 6.07) is 9.68. The second-order valence-corrected chi connectivity index (χ2v) is 5.92. The van der Waals surface area contributed by atoms with E-state index in [1.807, 2.05) is 0 Å². The number of carbonyl (C=O) groups excluding carboxylic acids is 1. The Morgan fingerprint density at radius 1 is 1.06 bits per heavy atom. The zero-order valence-corrected chi connectivity index (χ0v) is 10.2. The van der Waals surface area contributed by atoms with E-state index in [-0.39, 0.29) is 11.2 Å². The number of hydrogen-bond donors (Lipinski definition) is 2. The molecule has 4 N–H and O–H groups in total. The zero-order valence-electron chi connectivity index (χ0n) is 9.41. The van der Waals surface area contributed by atoms with Crippen molar-refractivity contribution in [1.29, 1.82) is 0 Å². The Labute approximate surface area is 104 Å². The van der Waals surface area contributed by atoms with Crippen LogP contribution >= 0.6 is 0 Å². The number of nitrogens with two attached hydrogens (primary N) is 2. The van der Waals surface area contributed by atoms with Crippen LogP contribution < -0.4 is 11.5 Å². The predicted octanol–water partition coefficient (Wildman–Crippen LogP) is 0.679. The molecule has 0 aliphatic rings. The third-order valence-electron chi connectivity index (χ3n) is 2.72. The van der Waals surface area contributed by atoms with Gasteiger partial charge in [-0.3, -0.25) is 0 Å². The molecule has 0 saturated carbocycles. The summed E-state index contributed by atoms with van der Waals surface area (Å²) in [5, 5.41) is -0.476. The first kappa shape index (κ1) is 12.5. The molecule has 0 heterocycles. The number of aldehydes is 1. The van der Waals surface area contributed by atoms with Crippen molar-refractivity contribution in [3.8, 4) is 0 Å². The molecule has 0 bridgehead atoms. The average Bonchev–Trinajstić information content (AvgIpc) is 2.38. The van der Waals surface area contributed by atoms with E-state index in [9.17, 15) is 13.2 Å². The molecule has 2 aromatic rings. The van der Waals surface area contributed by atoms with Crippen LogP contribution in [0, 0.1) is 0 Å². The Bertz CT molecular complexity index is 710. The van der Waals surface area contributed by atoms with E-state index >= 15 is 0 Å². The van der Waals surface area contributed by atoms with Gasteiger partial charge in [-0.15, -0.1) is 0 Å². The first-order valence-corrected chi connectivity index (χ1v) is 6.75. The normalized spacial score (nSPS) is 13.4. The van der Waals surface area contributed by atoms with Gasteiger partial charge in [0.2, 0.25) is 9.84 Å². The van der Waals surface area contributed by atoms with E-state index < -0.39 is 15.2 Å². The second kappa shape index (κ2) is 4.40. The molecule has 2 aromatic carbocycles. The fraction of sp³-hybridized carbons (Fsp3) is 0.0833. The number of hydrogen-bond acceptors (Lipinski definition) is 5. The largest absolute Gasteiger partial charge is 0.398 e. The minimum atomic E-state index is -3.88. The Balaban J connectivity index is 2.82. The van der Waals surface area contributed by atoms with Crippen LogP contribution in [0.1, 0.15) is 0 Å². The molecule has 0 spiro atoms. The van der Waals surface area contributed by atoms with Crippen LogP contribution in [0.5, 0.6) is 0 Å². The van der Waals surface area contributed by atoms with Crippen LogP contribution in [-0.2, 0) is 14.6 Å². The molecule has 0 aliphatic carbocycles. The number of benzene rings is 2. The molecule has 0 amide bonds. The highest BCUT2D eigenvalue weighted by Gasteiger charge is 2.25. The first-order valence-electron chi connectivity index (χ1n) is 5.20. The Kier molecular flexibility index (Phi) is 3.06. The van der Waals surface area contributed by atoms with Crippen LogP contribution in [0.15, 0.2) is 41.3 Å². The van der Waals surface area contributed by atoms with Crippen molar-refractivity contribution < 1.29 is 13.2 Å². The Morgan fingerprint density at radius 3 is 2.28 bits per heavy atom. The standard InChI is InChI=1S/C12H12N2O3S/c13-10-5-6-11(18(16,17)12(14)7-15)9-4-2-1-3-8(9)10/h1-7,12H,13-14H2. The molecule has 6 heteroatoms. The molecular formula is C12H12N2O3S. The summed E-state index contributed by atoms with van der Waals surface area (Å²) < 4.78 is 24.2. The van der Waals surface area contributed by atoms with Gasteiger partial charge in [-0.25, -0.2) is 8.42 Å². The van der Waals surface area contributed by atoms with Gasteiger partial charge in [-0.05, 0) is 12.1 Å². The van der Waals surface area contributed by atoms with Gasteiger partial charge in [0.15, 0.2) is 11.7 Å². The molecule has 5 nitrogen and oxygen atoms in total.